The lowest BCUT2D eigenvalue weighted by Crippen LogP contribution is -2.43. The number of nitrogens with zero attached hydrogens (tertiary/aromatic N) is 5. The van der Waals surface area contributed by atoms with Crippen molar-refractivity contribution in [1.82, 2.24) is 34.9 Å². The fourth-order valence-corrected chi connectivity index (χ4v) is 6.40. The number of nitrogens with one attached hydrogen (secondary N) is 3. The van der Waals surface area contributed by atoms with E-state index in [0.29, 0.717) is 0 Å². The zero-order chi connectivity index (χ0) is 29.1. The molecule has 42 heavy (non-hydrogen) atoms. The Kier molecular flexibility index (Phi) is 8.24. The largest absolute Gasteiger partial charge is 0.368 e. The molecule has 5 heterocycles. The minimum absolute atomic E-state index is 0.737. The van der Waals surface area contributed by atoms with Crippen LogP contribution in [0.2, 0.25) is 0 Å². The molecule has 8 heteroatoms. The number of anilines is 1. The van der Waals surface area contributed by atoms with E-state index in [1.54, 1.807) is 0 Å². The summed E-state index contributed by atoms with van der Waals surface area (Å²) in [5.74, 6) is 0.737. The summed E-state index contributed by atoms with van der Waals surface area (Å²) in [5.41, 5.74) is 10.0. The summed E-state index contributed by atoms with van der Waals surface area (Å²) in [6.07, 6.45) is 17.2. The number of hydrogen-bond donors (Lipinski definition) is 3. The predicted octanol–water partition coefficient (Wildman–Crippen LogP) is 6.99. The molecule has 0 spiro atoms. The summed E-state index contributed by atoms with van der Waals surface area (Å²) >= 11 is 0. The third-order valence-corrected chi connectivity index (χ3v) is 8.73. The van der Waals surface area contributed by atoms with E-state index in [4.69, 9.17) is 10.1 Å². The van der Waals surface area contributed by atoms with Crippen LogP contribution in [-0.2, 0) is 0 Å². The van der Waals surface area contributed by atoms with Crippen molar-refractivity contribution in [2.45, 2.75) is 45.4 Å². The summed E-state index contributed by atoms with van der Waals surface area (Å²) in [4.78, 5) is 17.7. The molecule has 3 N–H and O–H groups in total. The number of piperazine rings is 1. The van der Waals surface area contributed by atoms with Gasteiger partial charge in [0.05, 0.1) is 35.0 Å². The molecular weight excluding hydrogens is 520 g/mol. The Morgan fingerprint density at radius 2 is 1.88 bits per heavy atom. The van der Waals surface area contributed by atoms with Gasteiger partial charge in [-0.3, -0.25) is 15.1 Å². The second-order valence-electron chi connectivity index (χ2n) is 11.9. The molecule has 8 nitrogen and oxygen atoms in total. The lowest BCUT2D eigenvalue weighted by atomic mass is 9.86. The van der Waals surface area contributed by atoms with Crippen LogP contribution in [0, 0.1) is 12.8 Å². The molecule has 0 atom stereocenters. The van der Waals surface area contributed by atoms with E-state index in [0.717, 1.165) is 89.1 Å². The predicted molar refractivity (Wildman–Crippen MR) is 173 cm³/mol. The van der Waals surface area contributed by atoms with Crippen molar-refractivity contribution < 1.29 is 0 Å². The Bertz CT molecular complexity index is 1590. The standard InChI is InChI=1S/C34H42N8/c1-5-9-33(42-14-12-41(4)13-15-42)28-18-31(38-24(28)3)34-29-19-30(36-22-32(29)39-40-34)26-17-27(21-35-20-26)37-23(2)16-25-10-7-6-8-11-25/h5,9,17-22,25,37-38H,1-2,6-8,10-16H2,3-4H3,(H,39,40)/b33-9+. The summed E-state index contributed by atoms with van der Waals surface area (Å²) in [6, 6.07) is 6.41. The molecule has 1 aliphatic heterocycles. The first-order valence-corrected chi connectivity index (χ1v) is 15.2. The molecule has 0 amide bonds. The van der Waals surface area contributed by atoms with E-state index in [2.05, 4.69) is 81.6 Å². The van der Waals surface area contributed by atoms with Crippen LogP contribution < -0.4 is 5.32 Å². The lowest BCUT2D eigenvalue weighted by Gasteiger charge is -2.35. The van der Waals surface area contributed by atoms with E-state index >= 15 is 0 Å². The van der Waals surface area contributed by atoms with Gasteiger partial charge in [-0.15, -0.1) is 0 Å². The van der Waals surface area contributed by atoms with Gasteiger partial charge in [-0.1, -0.05) is 51.3 Å². The molecule has 1 saturated heterocycles. The van der Waals surface area contributed by atoms with Crippen LogP contribution in [0.4, 0.5) is 5.69 Å². The number of H-pyrrole nitrogens is 2. The summed E-state index contributed by atoms with van der Waals surface area (Å²) in [7, 11) is 2.18. The van der Waals surface area contributed by atoms with E-state index < -0.39 is 0 Å². The smallest absolute Gasteiger partial charge is 0.116 e. The van der Waals surface area contributed by atoms with Crippen LogP contribution in [0.3, 0.4) is 0 Å². The van der Waals surface area contributed by atoms with Crippen LogP contribution in [0.1, 0.15) is 49.8 Å². The molecule has 4 aromatic rings. The molecule has 0 radical (unpaired) electrons. The van der Waals surface area contributed by atoms with Crippen molar-refractivity contribution in [3.05, 3.63) is 79.1 Å². The third-order valence-electron chi connectivity index (χ3n) is 8.73. The summed E-state index contributed by atoms with van der Waals surface area (Å²) in [6.45, 7) is 14.5. The first-order chi connectivity index (χ1) is 20.5. The Morgan fingerprint density at radius 1 is 1.07 bits per heavy atom. The van der Waals surface area contributed by atoms with Gasteiger partial charge >= 0.3 is 0 Å². The molecule has 0 aromatic carbocycles. The molecule has 2 aliphatic rings. The molecule has 4 aromatic heterocycles. The second kappa shape index (κ2) is 12.4. The number of fused-ring (bicyclic) bond motifs is 1. The highest BCUT2D eigenvalue weighted by atomic mass is 15.3. The number of hydrogen-bond acceptors (Lipinski definition) is 6. The van der Waals surface area contributed by atoms with Crippen molar-refractivity contribution in [2.75, 3.05) is 38.5 Å². The monoisotopic (exact) mass is 562 g/mol. The normalized spacial score (nSPS) is 17.1. The minimum atomic E-state index is 0.737. The number of aryl methyl sites for hydroxylation is 1. The second-order valence-corrected chi connectivity index (χ2v) is 11.9. The number of pyridine rings is 2. The van der Waals surface area contributed by atoms with Crippen molar-refractivity contribution in [2.24, 2.45) is 5.92 Å². The summed E-state index contributed by atoms with van der Waals surface area (Å²) in [5, 5.41) is 12.4. The highest BCUT2D eigenvalue weighted by Gasteiger charge is 2.22. The molecule has 0 bridgehead atoms. The van der Waals surface area contributed by atoms with Gasteiger partial charge in [0.2, 0.25) is 0 Å². The molecule has 2 fully saturated rings. The Labute approximate surface area is 248 Å². The highest BCUT2D eigenvalue weighted by Crippen LogP contribution is 2.34. The van der Waals surface area contributed by atoms with Crippen LogP contribution >= 0.6 is 0 Å². The molecule has 1 aliphatic carbocycles. The van der Waals surface area contributed by atoms with Gasteiger partial charge < -0.3 is 20.1 Å². The van der Waals surface area contributed by atoms with Gasteiger partial charge in [0, 0.05) is 66.0 Å². The number of aromatic nitrogens is 5. The quantitative estimate of drug-likeness (QED) is 0.191. The Hall–Kier alpha value is -4.17. The lowest BCUT2D eigenvalue weighted by molar-refractivity contribution is 0.207. The number of rotatable bonds is 9. The minimum Gasteiger partial charge on any atom is -0.368 e. The van der Waals surface area contributed by atoms with Gasteiger partial charge in [-0.05, 0) is 50.6 Å². The van der Waals surface area contributed by atoms with Crippen LogP contribution in [0.15, 0.2) is 67.8 Å². The van der Waals surface area contributed by atoms with E-state index in [9.17, 15) is 0 Å². The van der Waals surface area contributed by atoms with E-state index in [1.165, 1.54) is 43.4 Å². The third kappa shape index (κ3) is 6.04. The van der Waals surface area contributed by atoms with Gasteiger partial charge in [-0.2, -0.15) is 5.10 Å². The zero-order valence-electron chi connectivity index (χ0n) is 24.9. The van der Waals surface area contributed by atoms with Crippen molar-refractivity contribution >= 4 is 22.3 Å². The fraction of sp³-hybridized carbons (Fsp3) is 0.382. The highest BCUT2D eigenvalue weighted by molar-refractivity contribution is 5.94. The maximum Gasteiger partial charge on any atom is 0.116 e. The van der Waals surface area contributed by atoms with Crippen LogP contribution in [0.5, 0.6) is 0 Å². The van der Waals surface area contributed by atoms with Crippen molar-refractivity contribution in [1.29, 1.82) is 0 Å². The number of aromatic amines is 2. The molecule has 218 valence electrons. The van der Waals surface area contributed by atoms with Gasteiger partial charge in [0.25, 0.3) is 0 Å². The van der Waals surface area contributed by atoms with E-state index in [1.807, 2.05) is 24.7 Å². The molecular formula is C34H42N8. The Balaban J connectivity index is 1.25. The Morgan fingerprint density at radius 3 is 2.67 bits per heavy atom. The molecule has 1 saturated carbocycles. The number of allylic oxidation sites excluding steroid dienone is 3. The maximum atomic E-state index is 4.74. The van der Waals surface area contributed by atoms with Crippen molar-refractivity contribution in [3.63, 3.8) is 0 Å². The fourth-order valence-electron chi connectivity index (χ4n) is 6.40. The van der Waals surface area contributed by atoms with Crippen LogP contribution in [-0.4, -0.2) is 68.2 Å². The van der Waals surface area contributed by atoms with Gasteiger partial charge in [0.1, 0.15) is 5.69 Å². The molecule has 0 unspecified atom stereocenters. The number of likely N-dealkylation sites (N-methyl/N-ethyl adjacent to an activating group) is 1. The average molecular weight is 563 g/mol. The van der Waals surface area contributed by atoms with Crippen molar-refractivity contribution in [3.8, 4) is 22.6 Å². The van der Waals surface area contributed by atoms with E-state index in [-0.39, 0.29) is 0 Å². The van der Waals surface area contributed by atoms with Crippen LogP contribution in [0.25, 0.3) is 39.2 Å². The topological polar surface area (TPSA) is 88.8 Å². The maximum absolute atomic E-state index is 4.74. The molecule has 6 rings (SSSR count). The first kappa shape index (κ1) is 28.0. The SMILES string of the molecule is C=C/C=C(\c1cc(-c2n[nH]c3cnc(-c4cncc(NC(=C)CC5CCCCC5)c4)cc23)[nH]c1C)N1CCN(C)CC1. The average Bonchev–Trinajstić information content (AvgIpc) is 3.60. The zero-order valence-corrected chi connectivity index (χ0v) is 24.9. The van der Waals surface area contributed by atoms with Gasteiger partial charge in [-0.25, -0.2) is 0 Å². The summed E-state index contributed by atoms with van der Waals surface area (Å²) < 4.78 is 0. The first-order valence-electron chi connectivity index (χ1n) is 15.2. The van der Waals surface area contributed by atoms with Gasteiger partial charge in [0.15, 0.2) is 0 Å².